The van der Waals surface area contributed by atoms with E-state index in [1.807, 2.05) is 30.7 Å². The Morgan fingerprint density at radius 3 is 2.71 bits per heavy atom. The smallest absolute Gasteiger partial charge is 0.191 e. The standard InChI is InChI=1S/C21H30N6.HI/c1-3-23-21(25-13-8-18-7-12-22-16-17(18)2)26-19-9-14-27(15-10-19)20-6-4-5-11-24-20;/h4-7,11-12,16,19H,3,8-10,13-15H2,1-2H3,(H2,23,25,26);1H. The first kappa shape index (κ1) is 22.4. The average Bonchev–Trinajstić information content (AvgIpc) is 2.71. The zero-order chi connectivity index (χ0) is 18.9. The number of aromatic nitrogens is 2. The number of halogens is 1. The van der Waals surface area contributed by atoms with E-state index in [0.717, 1.165) is 57.2 Å². The van der Waals surface area contributed by atoms with Gasteiger partial charge in [0.2, 0.25) is 0 Å². The molecule has 152 valence electrons. The predicted octanol–water partition coefficient (Wildman–Crippen LogP) is 3.17. The Balaban J connectivity index is 0.00000280. The molecule has 0 aliphatic carbocycles. The molecular weight excluding hydrogens is 463 g/mol. The second-order valence-corrected chi connectivity index (χ2v) is 6.91. The summed E-state index contributed by atoms with van der Waals surface area (Å²) < 4.78 is 0. The summed E-state index contributed by atoms with van der Waals surface area (Å²) in [5.41, 5.74) is 2.54. The maximum Gasteiger partial charge on any atom is 0.191 e. The number of pyridine rings is 2. The quantitative estimate of drug-likeness (QED) is 0.367. The van der Waals surface area contributed by atoms with Crippen LogP contribution in [-0.2, 0) is 6.42 Å². The van der Waals surface area contributed by atoms with E-state index in [1.54, 1.807) is 0 Å². The molecule has 2 N–H and O–H groups in total. The van der Waals surface area contributed by atoms with Crippen LogP contribution in [0.3, 0.4) is 0 Å². The Hall–Kier alpha value is -1.90. The lowest BCUT2D eigenvalue weighted by atomic mass is 10.1. The highest BCUT2D eigenvalue weighted by molar-refractivity contribution is 14.0. The summed E-state index contributed by atoms with van der Waals surface area (Å²) in [7, 11) is 0. The number of hydrogen-bond donors (Lipinski definition) is 2. The number of guanidine groups is 1. The summed E-state index contributed by atoms with van der Waals surface area (Å²) in [6.07, 6.45) is 8.74. The highest BCUT2D eigenvalue weighted by Gasteiger charge is 2.20. The van der Waals surface area contributed by atoms with Gasteiger partial charge >= 0.3 is 0 Å². The van der Waals surface area contributed by atoms with Crippen molar-refractivity contribution in [3.8, 4) is 0 Å². The second-order valence-electron chi connectivity index (χ2n) is 6.91. The summed E-state index contributed by atoms with van der Waals surface area (Å²) in [4.78, 5) is 15.7. The Bertz CT molecular complexity index is 729. The lowest BCUT2D eigenvalue weighted by Crippen LogP contribution is -2.49. The van der Waals surface area contributed by atoms with Crippen LogP contribution in [0.25, 0.3) is 0 Å². The van der Waals surface area contributed by atoms with E-state index in [9.17, 15) is 0 Å². The van der Waals surface area contributed by atoms with Crippen molar-refractivity contribution in [2.45, 2.75) is 39.2 Å². The van der Waals surface area contributed by atoms with Gasteiger partial charge in [0.15, 0.2) is 5.96 Å². The van der Waals surface area contributed by atoms with Crippen LogP contribution < -0.4 is 15.5 Å². The molecule has 0 unspecified atom stereocenters. The molecule has 7 heteroatoms. The number of anilines is 1. The minimum absolute atomic E-state index is 0. The van der Waals surface area contributed by atoms with Gasteiger partial charge < -0.3 is 15.5 Å². The molecule has 0 amide bonds. The van der Waals surface area contributed by atoms with Crippen LogP contribution in [0.15, 0.2) is 47.8 Å². The van der Waals surface area contributed by atoms with E-state index in [4.69, 9.17) is 4.99 Å². The molecule has 2 aromatic rings. The Morgan fingerprint density at radius 1 is 1.21 bits per heavy atom. The third kappa shape index (κ3) is 6.61. The van der Waals surface area contributed by atoms with Crippen molar-refractivity contribution in [1.82, 2.24) is 20.6 Å². The molecule has 0 bridgehead atoms. The third-order valence-corrected chi connectivity index (χ3v) is 4.94. The van der Waals surface area contributed by atoms with Crippen LogP contribution in [-0.4, -0.2) is 48.1 Å². The lowest BCUT2D eigenvalue weighted by molar-refractivity contribution is 0.459. The molecule has 2 aromatic heterocycles. The minimum atomic E-state index is 0. The molecule has 0 atom stereocenters. The van der Waals surface area contributed by atoms with E-state index in [1.165, 1.54) is 11.1 Å². The number of aryl methyl sites for hydroxylation is 1. The largest absolute Gasteiger partial charge is 0.357 e. The van der Waals surface area contributed by atoms with E-state index in [-0.39, 0.29) is 24.0 Å². The molecular formula is C21H31IN6. The van der Waals surface area contributed by atoms with Crippen LogP contribution in [0.1, 0.15) is 30.9 Å². The number of aliphatic imine (C=N–C) groups is 1. The third-order valence-electron chi connectivity index (χ3n) is 4.94. The van der Waals surface area contributed by atoms with Gasteiger partial charge in [-0.05, 0) is 62.4 Å². The van der Waals surface area contributed by atoms with E-state index < -0.39 is 0 Å². The Labute approximate surface area is 185 Å². The van der Waals surface area contributed by atoms with E-state index >= 15 is 0 Å². The van der Waals surface area contributed by atoms with Crippen molar-refractivity contribution in [2.24, 2.45) is 4.99 Å². The van der Waals surface area contributed by atoms with Crippen LogP contribution in [0.4, 0.5) is 5.82 Å². The second kappa shape index (κ2) is 11.8. The van der Waals surface area contributed by atoms with Gasteiger partial charge in [-0.3, -0.25) is 9.98 Å². The van der Waals surface area contributed by atoms with Crippen molar-refractivity contribution < 1.29 is 0 Å². The highest BCUT2D eigenvalue weighted by atomic mass is 127. The molecule has 6 nitrogen and oxygen atoms in total. The van der Waals surface area contributed by atoms with Gasteiger partial charge in [-0.15, -0.1) is 24.0 Å². The number of piperidine rings is 1. The molecule has 0 spiro atoms. The van der Waals surface area contributed by atoms with Crippen LogP contribution >= 0.6 is 24.0 Å². The van der Waals surface area contributed by atoms with Crippen LogP contribution in [0, 0.1) is 6.92 Å². The summed E-state index contributed by atoms with van der Waals surface area (Å²) in [5, 5.41) is 6.98. The molecule has 0 aromatic carbocycles. The monoisotopic (exact) mass is 494 g/mol. The van der Waals surface area contributed by atoms with E-state index in [2.05, 4.69) is 51.5 Å². The van der Waals surface area contributed by atoms with Crippen molar-refractivity contribution >= 4 is 35.8 Å². The SMILES string of the molecule is CCNC(=NCCc1ccncc1C)NC1CCN(c2ccccn2)CC1.I. The Kier molecular flexibility index (Phi) is 9.46. The summed E-state index contributed by atoms with van der Waals surface area (Å²) in [6, 6.07) is 8.63. The fourth-order valence-electron chi connectivity index (χ4n) is 3.38. The van der Waals surface area contributed by atoms with Gasteiger partial charge in [0, 0.05) is 50.8 Å². The Morgan fingerprint density at radius 2 is 2.04 bits per heavy atom. The predicted molar refractivity (Wildman–Crippen MR) is 127 cm³/mol. The highest BCUT2D eigenvalue weighted by Crippen LogP contribution is 2.17. The zero-order valence-corrected chi connectivity index (χ0v) is 19.1. The summed E-state index contributed by atoms with van der Waals surface area (Å²) in [6.45, 7) is 7.88. The molecule has 3 heterocycles. The van der Waals surface area contributed by atoms with Crippen molar-refractivity contribution in [2.75, 3.05) is 31.1 Å². The minimum Gasteiger partial charge on any atom is -0.357 e. The van der Waals surface area contributed by atoms with Gasteiger partial charge in [-0.1, -0.05) is 6.07 Å². The number of nitrogens with one attached hydrogen (secondary N) is 2. The average molecular weight is 494 g/mol. The van der Waals surface area contributed by atoms with Crippen molar-refractivity contribution in [1.29, 1.82) is 0 Å². The molecule has 1 aliphatic heterocycles. The summed E-state index contributed by atoms with van der Waals surface area (Å²) in [5.74, 6) is 1.99. The van der Waals surface area contributed by atoms with Gasteiger partial charge in [0.25, 0.3) is 0 Å². The lowest BCUT2D eigenvalue weighted by Gasteiger charge is -2.33. The fraction of sp³-hybridized carbons (Fsp3) is 0.476. The maximum absolute atomic E-state index is 4.77. The van der Waals surface area contributed by atoms with Crippen LogP contribution in [0.2, 0.25) is 0 Å². The fourth-order valence-corrected chi connectivity index (χ4v) is 3.38. The normalized spacial score (nSPS) is 15.1. The number of rotatable bonds is 6. The van der Waals surface area contributed by atoms with Gasteiger partial charge in [-0.25, -0.2) is 4.98 Å². The summed E-state index contributed by atoms with van der Waals surface area (Å²) >= 11 is 0. The molecule has 1 aliphatic rings. The molecule has 3 rings (SSSR count). The van der Waals surface area contributed by atoms with Gasteiger partial charge in [0.1, 0.15) is 5.82 Å². The zero-order valence-electron chi connectivity index (χ0n) is 16.8. The first-order valence-corrected chi connectivity index (χ1v) is 9.86. The molecule has 1 saturated heterocycles. The van der Waals surface area contributed by atoms with Crippen LogP contribution in [0.5, 0.6) is 0 Å². The number of hydrogen-bond acceptors (Lipinski definition) is 4. The molecule has 28 heavy (non-hydrogen) atoms. The van der Waals surface area contributed by atoms with Crippen molar-refractivity contribution in [3.63, 3.8) is 0 Å². The number of nitrogens with zero attached hydrogens (tertiary/aromatic N) is 4. The maximum atomic E-state index is 4.77. The van der Waals surface area contributed by atoms with Gasteiger partial charge in [0.05, 0.1) is 0 Å². The van der Waals surface area contributed by atoms with Gasteiger partial charge in [-0.2, -0.15) is 0 Å². The van der Waals surface area contributed by atoms with E-state index in [0.29, 0.717) is 6.04 Å². The first-order valence-electron chi connectivity index (χ1n) is 9.86. The van der Waals surface area contributed by atoms with Crippen molar-refractivity contribution in [3.05, 3.63) is 54.0 Å². The molecule has 0 radical (unpaired) electrons. The topological polar surface area (TPSA) is 65.4 Å². The molecule has 1 fully saturated rings. The molecule has 0 saturated carbocycles. The first-order chi connectivity index (χ1) is 13.3.